The van der Waals surface area contributed by atoms with Crippen LogP contribution in [0.3, 0.4) is 0 Å². The first-order chi connectivity index (χ1) is 15.8. The van der Waals surface area contributed by atoms with Crippen LogP contribution in [0, 0.1) is 24.0 Å². The van der Waals surface area contributed by atoms with Crippen LogP contribution in [0.25, 0.3) is 22.5 Å². The Balaban J connectivity index is 1.54. The zero-order chi connectivity index (χ0) is 23.0. The van der Waals surface area contributed by atoms with Crippen LogP contribution in [0.2, 0.25) is 0 Å². The number of aryl methyl sites for hydroxylation is 1. The molecule has 2 aliphatic rings. The molecule has 1 N–H and O–H groups in total. The summed E-state index contributed by atoms with van der Waals surface area (Å²) in [4.78, 5) is 5.08. The molecule has 1 fully saturated rings. The normalized spacial score (nSPS) is 22.5. The molecule has 3 aromatic heterocycles. The first kappa shape index (κ1) is 20.1. The van der Waals surface area contributed by atoms with Crippen molar-refractivity contribution in [2.75, 3.05) is 0 Å². The van der Waals surface area contributed by atoms with Crippen molar-refractivity contribution in [2.45, 2.75) is 44.9 Å². The minimum absolute atomic E-state index is 0.127. The number of rotatable bonds is 3. The van der Waals surface area contributed by atoms with Gasteiger partial charge in [0.25, 0.3) is 0 Å². The van der Waals surface area contributed by atoms with Gasteiger partial charge < -0.3 is 0 Å². The highest BCUT2D eigenvalue weighted by Crippen LogP contribution is 2.69. The number of benzene rings is 1. The standard InChI is InChI=1S/C26H23F2N5/c1-14-16(13-29-31-14)20-8-5-9-22(30-20)26-11-10-17(25(26,2)3)15-12-21(32-33-24(15)26)23-18(27)6-4-7-19(23)28/h4-9,12-13,17H,10-11H2,1-3H3,(H,29,31)/t17-,26-/m0/s1. The Morgan fingerprint density at radius 1 is 1.00 bits per heavy atom. The highest BCUT2D eigenvalue weighted by Gasteiger charge is 2.65. The van der Waals surface area contributed by atoms with E-state index < -0.39 is 17.0 Å². The van der Waals surface area contributed by atoms with Gasteiger partial charge in [0.05, 0.1) is 40.0 Å². The van der Waals surface area contributed by atoms with Gasteiger partial charge in [0.1, 0.15) is 11.6 Å². The Morgan fingerprint density at radius 2 is 1.76 bits per heavy atom. The predicted octanol–water partition coefficient (Wildman–Crippen LogP) is 5.72. The molecule has 3 heterocycles. The smallest absolute Gasteiger partial charge is 0.135 e. The Labute approximate surface area is 190 Å². The van der Waals surface area contributed by atoms with E-state index >= 15 is 0 Å². The number of hydrogen-bond donors (Lipinski definition) is 1. The predicted molar refractivity (Wildman–Crippen MR) is 120 cm³/mol. The maximum atomic E-state index is 14.5. The van der Waals surface area contributed by atoms with Gasteiger partial charge >= 0.3 is 0 Å². The van der Waals surface area contributed by atoms with E-state index in [2.05, 4.69) is 40.3 Å². The third-order valence-corrected chi connectivity index (χ3v) is 7.89. The molecule has 0 aliphatic heterocycles. The molecule has 0 saturated heterocycles. The Bertz CT molecular complexity index is 1390. The van der Waals surface area contributed by atoms with Gasteiger partial charge in [-0.3, -0.25) is 10.1 Å². The molecule has 0 unspecified atom stereocenters. The number of fused-ring (bicyclic) bond motifs is 5. The van der Waals surface area contributed by atoms with Crippen molar-refractivity contribution in [3.63, 3.8) is 0 Å². The Hall–Kier alpha value is -3.48. The van der Waals surface area contributed by atoms with Crippen LogP contribution < -0.4 is 0 Å². The lowest BCUT2D eigenvalue weighted by Gasteiger charge is -2.37. The molecular formula is C26H23F2N5. The minimum atomic E-state index is -0.633. The van der Waals surface area contributed by atoms with Crippen molar-refractivity contribution in [2.24, 2.45) is 5.41 Å². The summed E-state index contributed by atoms with van der Waals surface area (Å²) in [6, 6.07) is 11.8. The molecule has 1 saturated carbocycles. The molecule has 33 heavy (non-hydrogen) atoms. The van der Waals surface area contributed by atoms with Crippen LogP contribution in [0.15, 0.2) is 48.7 Å². The molecule has 0 spiro atoms. The molecule has 4 aromatic rings. The molecule has 5 nitrogen and oxygen atoms in total. The van der Waals surface area contributed by atoms with Crippen molar-refractivity contribution in [1.82, 2.24) is 25.4 Å². The molecule has 6 rings (SSSR count). The maximum Gasteiger partial charge on any atom is 0.135 e. The van der Waals surface area contributed by atoms with Gasteiger partial charge in [-0.25, -0.2) is 8.78 Å². The van der Waals surface area contributed by atoms with Crippen LogP contribution in [-0.2, 0) is 5.41 Å². The molecule has 1 aromatic carbocycles. The summed E-state index contributed by atoms with van der Waals surface area (Å²) in [5.74, 6) is -1.06. The number of pyridine rings is 1. The van der Waals surface area contributed by atoms with Gasteiger partial charge in [-0.05, 0) is 67.0 Å². The summed E-state index contributed by atoms with van der Waals surface area (Å²) in [7, 11) is 0. The minimum Gasteiger partial charge on any atom is -0.282 e. The van der Waals surface area contributed by atoms with Gasteiger partial charge in [-0.1, -0.05) is 26.0 Å². The zero-order valence-electron chi connectivity index (χ0n) is 18.7. The summed E-state index contributed by atoms with van der Waals surface area (Å²) in [6.45, 7) is 6.46. The summed E-state index contributed by atoms with van der Waals surface area (Å²) >= 11 is 0. The van der Waals surface area contributed by atoms with E-state index in [0.29, 0.717) is 0 Å². The first-order valence-corrected chi connectivity index (χ1v) is 11.1. The molecule has 2 atom stereocenters. The third kappa shape index (κ3) is 2.56. The van der Waals surface area contributed by atoms with Gasteiger partial charge in [0.2, 0.25) is 0 Å². The number of halogens is 2. The summed E-state index contributed by atoms with van der Waals surface area (Å²) < 4.78 is 28.9. The molecule has 2 bridgehead atoms. The summed E-state index contributed by atoms with van der Waals surface area (Å²) in [5.41, 5.74) is 5.15. The third-order valence-electron chi connectivity index (χ3n) is 7.89. The van der Waals surface area contributed by atoms with Crippen molar-refractivity contribution >= 4 is 0 Å². The number of aromatic amines is 1. The molecule has 7 heteroatoms. The molecule has 0 amide bonds. The second-order valence-electron chi connectivity index (χ2n) is 9.67. The average molecular weight is 444 g/mol. The number of hydrogen-bond acceptors (Lipinski definition) is 4. The highest BCUT2D eigenvalue weighted by atomic mass is 19.1. The fraction of sp³-hybridized carbons (Fsp3) is 0.308. The van der Waals surface area contributed by atoms with Crippen LogP contribution >= 0.6 is 0 Å². The van der Waals surface area contributed by atoms with Crippen molar-refractivity contribution < 1.29 is 8.78 Å². The zero-order valence-corrected chi connectivity index (χ0v) is 18.7. The fourth-order valence-electron chi connectivity index (χ4n) is 6.19. The fourth-order valence-corrected chi connectivity index (χ4v) is 6.19. The molecule has 0 radical (unpaired) electrons. The summed E-state index contributed by atoms with van der Waals surface area (Å²) in [5, 5.41) is 16.0. The van der Waals surface area contributed by atoms with Crippen LogP contribution in [0.1, 0.15) is 55.3 Å². The number of nitrogens with zero attached hydrogens (tertiary/aromatic N) is 4. The average Bonchev–Trinajstić information content (AvgIpc) is 3.40. The van der Waals surface area contributed by atoms with E-state index in [9.17, 15) is 8.78 Å². The Morgan fingerprint density at radius 3 is 2.48 bits per heavy atom. The highest BCUT2D eigenvalue weighted by molar-refractivity contribution is 5.65. The van der Waals surface area contributed by atoms with Gasteiger partial charge in [-0.2, -0.15) is 10.2 Å². The monoisotopic (exact) mass is 443 g/mol. The van der Waals surface area contributed by atoms with E-state index in [1.807, 2.05) is 25.1 Å². The second-order valence-corrected chi connectivity index (χ2v) is 9.67. The number of aromatic nitrogens is 5. The van der Waals surface area contributed by atoms with Crippen molar-refractivity contribution in [3.05, 3.63) is 82.9 Å². The maximum absolute atomic E-state index is 14.5. The van der Waals surface area contributed by atoms with Gasteiger partial charge in [-0.15, -0.1) is 5.10 Å². The lowest BCUT2D eigenvalue weighted by atomic mass is 9.66. The molecule has 166 valence electrons. The first-order valence-electron chi connectivity index (χ1n) is 11.1. The van der Waals surface area contributed by atoms with E-state index in [0.717, 1.165) is 46.7 Å². The van der Waals surface area contributed by atoms with Gasteiger partial charge in [0.15, 0.2) is 0 Å². The van der Waals surface area contributed by atoms with Crippen molar-refractivity contribution in [3.8, 4) is 22.5 Å². The van der Waals surface area contributed by atoms with Gasteiger partial charge in [0, 0.05) is 11.3 Å². The SMILES string of the molecule is Cc1[nH]ncc1-c1cccc([C@@]23CC[C@@H](c4cc(-c5c(F)cccc5F)nnc42)C3(C)C)n1. The van der Waals surface area contributed by atoms with Crippen LogP contribution in [0.5, 0.6) is 0 Å². The number of nitrogens with one attached hydrogen (secondary N) is 1. The Kier molecular flexibility index (Phi) is 4.13. The lowest BCUT2D eigenvalue weighted by molar-refractivity contribution is 0.243. The quantitative estimate of drug-likeness (QED) is 0.440. The molecular weight excluding hydrogens is 420 g/mol. The topological polar surface area (TPSA) is 67.3 Å². The second kappa shape index (κ2) is 6.76. The molecule has 2 aliphatic carbocycles. The summed E-state index contributed by atoms with van der Waals surface area (Å²) in [6.07, 6.45) is 3.65. The van der Waals surface area contributed by atoms with Crippen LogP contribution in [0.4, 0.5) is 8.78 Å². The number of H-pyrrole nitrogens is 1. The van der Waals surface area contributed by atoms with E-state index in [4.69, 9.17) is 4.98 Å². The van der Waals surface area contributed by atoms with E-state index in [1.54, 1.807) is 6.20 Å². The van der Waals surface area contributed by atoms with E-state index in [1.165, 1.54) is 18.2 Å². The van der Waals surface area contributed by atoms with E-state index in [-0.39, 0.29) is 22.6 Å². The van der Waals surface area contributed by atoms with Crippen LogP contribution in [-0.4, -0.2) is 25.4 Å². The largest absolute Gasteiger partial charge is 0.282 e. The van der Waals surface area contributed by atoms with Crippen molar-refractivity contribution in [1.29, 1.82) is 0 Å². The lowest BCUT2D eigenvalue weighted by Crippen LogP contribution is -2.37.